The van der Waals surface area contributed by atoms with Gasteiger partial charge in [-0.1, -0.05) is 47.6 Å². The third-order valence-corrected chi connectivity index (χ3v) is 1.63. The van der Waals surface area contributed by atoms with E-state index in [4.69, 9.17) is 0 Å². The van der Waals surface area contributed by atoms with E-state index in [1.807, 2.05) is 66.7 Å². The number of fused-ring (bicyclic) bond motifs is 1. The average molecular weight is 234 g/mol. The van der Waals surface area contributed by atoms with Crippen LogP contribution in [0.2, 0.25) is 0 Å². The Balaban J connectivity index is 0. The second-order valence-corrected chi connectivity index (χ2v) is 2.52. The summed E-state index contributed by atoms with van der Waals surface area (Å²) in [6.45, 7) is 14.0. The van der Waals surface area contributed by atoms with Crippen molar-refractivity contribution in [3.63, 3.8) is 0 Å². The topological polar surface area (TPSA) is 25.8 Å². The van der Waals surface area contributed by atoms with Crippen LogP contribution in [0.5, 0.6) is 0 Å². The molecule has 0 amide bonds. The molecule has 0 atom stereocenters. The highest BCUT2D eigenvalue weighted by atomic mass is 14.7. The van der Waals surface area contributed by atoms with Crippen LogP contribution >= 0.6 is 0 Å². The average Bonchev–Trinajstić information content (AvgIpc) is 2.45. The van der Waals surface area contributed by atoms with Crippen LogP contribution in [0.1, 0.15) is 47.2 Å². The molecule has 0 fully saturated rings. The molecule has 0 aliphatic rings. The summed E-state index contributed by atoms with van der Waals surface area (Å²) in [7, 11) is 0. The Hall–Kier alpha value is -1.44. The number of nitrogens with zero attached hydrogens (tertiary/aromatic N) is 2. The van der Waals surface area contributed by atoms with E-state index in [-0.39, 0.29) is 0 Å². The van der Waals surface area contributed by atoms with E-state index in [9.17, 15) is 0 Å². The van der Waals surface area contributed by atoms with Gasteiger partial charge in [0.15, 0.2) is 0 Å². The highest BCUT2D eigenvalue weighted by Gasteiger charge is 1.92. The van der Waals surface area contributed by atoms with Gasteiger partial charge in [-0.25, -0.2) is 0 Å². The molecule has 0 radical (unpaired) electrons. The molecule has 0 bridgehead atoms. The third kappa shape index (κ3) is 6.67. The van der Waals surface area contributed by atoms with E-state index >= 15 is 0 Å². The first-order chi connectivity index (χ1) is 8.36. The molecular formula is C15H26N2. The number of hydrogen-bond donors (Lipinski definition) is 0. The summed E-state index contributed by atoms with van der Waals surface area (Å²) in [5.74, 6) is 0. The van der Waals surface area contributed by atoms with Gasteiger partial charge >= 0.3 is 0 Å². The van der Waals surface area contributed by atoms with Gasteiger partial charge in [0.05, 0.1) is 11.7 Å². The summed E-state index contributed by atoms with van der Waals surface area (Å²) in [5.41, 5.74) is 1.99. The lowest BCUT2D eigenvalue weighted by atomic mass is 10.2. The zero-order chi connectivity index (χ0) is 13.7. The molecule has 96 valence electrons. The second-order valence-electron chi connectivity index (χ2n) is 2.52. The van der Waals surface area contributed by atoms with Crippen molar-refractivity contribution < 1.29 is 0 Å². The number of aromatic nitrogens is 2. The lowest BCUT2D eigenvalue weighted by Gasteiger charge is -1.95. The van der Waals surface area contributed by atoms with E-state index in [0.717, 1.165) is 16.6 Å². The van der Waals surface area contributed by atoms with Crippen molar-refractivity contribution in [2.45, 2.75) is 48.5 Å². The fraction of sp³-hybridized carbons (Fsp3) is 0.467. The first-order valence-electron chi connectivity index (χ1n) is 6.53. The summed E-state index contributed by atoms with van der Waals surface area (Å²) in [5, 5.41) is 1.15. The van der Waals surface area contributed by atoms with Crippen molar-refractivity contribution in [1.29, 1.82) is 0 Å². The van der Waals surface area contributed by atoms with E-state index in [1.54, 1.807) is 12.4 Å². The Kier molecular flexibility index (Phi) is 13.3. The maximum absolute atomic E-state index is 4.16. The Labute approximate surface area is 106 Å². The lowest BCUT2D eigenvalue weighted by molar-refractivity contribution is 1.21. The molecule has 0 aliphatic carbocycles. The molecule has 2 aromatic rings. The maximum Gasteiger partial charge on any atom is 0.0885 e. The summed E-state index contributed by atoms with van der Waals surface area (Å²) in [6.07, 6.45) is 3.57. The highest BCUT2D eigenvalue weighted by molar-refractivity contribution is 5.77. The Morgan fingerprint density at radius 1 is 0.882 bits per heavy atom. The van der Waals surface area contributed by atoms with Crippen molar-refractivity contribution in [2.24, 2.45) is 0 Å². The number of rotatable bonds is 0. The summed E-state index contributed by atoms with van der Waals surface area (Å²) < 4.78 is 0. The molecule has 17 heavy (non-hydrogen) atoms. The first kappa shape index (κ1) is 17.9. The van der Waals surface area contributed by atoms with Gasteiger partial charge in [0.2, 0.25) is 0 Å². The van der Waals surface area contributed by atoms with Gasteiger partial charge in [-0.2, -0.15) is 0 Å². The van der Waals surface area contributed by atoms with Crippen LogP contribution in [-0.2, 0) is 0 Å². The fourth-order valence-electron chi connectivity index (χ4n) is 1.09. The molecule has 0 unspecified atom stereocenters. The third-order valence-electron chi connectivity index (χ3n) is 1.63. The van der Waals surface area contributed by atoms with Crippen molar-refractivity contribution in [1.82, 2.24) is 9.97 Å². The van der Waals surface area contributed by atoms with Crippen LogP contribution in [0.15, 0.2) is 30.6 Å². The largest absolute Gasteiger partial charge is 0.259 e. The number of hydrogen-bond acceptors (Lipinski definition) is 2. The zero-order valence-corrected chi connectivity index (χ0v) is 12.3. The van der Waals surface area contributed by atoms with Gasteiger partial charge in [0.25, 0.3) is 0 Å². The quantitative estimate of drug-likeness (QED) is 0.640. The lowest BCUT2D eigenvalue weighted by Crippen LogP contribution is -1.82. The molecule has 2 rings (SSSR count). The maximum atomic E-state index is 4.16. The van der Waals surface area contributed by atoms with Crippen molar-refractivity contribution in [3.05, 3.63) is 36.3 Å². The number of aryl methyl sites for hydroxylation is 1. The van der Waals surface area contributed by atoms with Crippen LogP contribution in [0.25, 0.3) is 10.9 Å². The summed E-state index contributed by atoms with van der Waals surface area (Å²) >= 11 is 0. The van der Waals surface area contributed by atoms with Crippen molar-refractivity contribution in [2.75, 3.05) is 0 Å². The second kappa shape index (κ2) is 12.6. The van der Waals surface area contributed by atoms with Gasteiger partial charge in [-0.15, -0.1) is 0 Å². The SMILES string of the molecule is CC.CC.CC.Cc1cc2cccnc2cn1. The zero-order valence-electron chi connectivity index (χ0n) is 12.3. The van der Waals surface area contributed by atoms with E-state index < -0.39 is 0 Å². The van der Waals surface area contributed by atoms with Crippen LogP contribution in [0.4, 0.5) is 0 Å². The molecule has 0 saturated carbocycles. The Morgan fingerprint density at radius 3 is 2.06 bits per heavy atom. The van der Waals surface area contributed by atoms with E-state index in [2.05, 4.69) is 9.97 Å². The van der Waals surface area contributed by atoms with Gasteiger partial charge < -0.3 is 0 Å². The molecule has 2 nitrogen and oxygen atoms in total. The van der Waals surface area contributed by atoms with Crippen LogP contribution in [-0.4, -0.2) is 9.97 Å². The molecule has 0 aromatic carbocycles. The van der Waals surface area contributed by atoms with Gasteiger partial charge in [0.1, 0.15) is 0 Å². The molecular weight excluding hydrogens is 208 g/mol. The molecule has 0 spiro atoms. The fourth-order valence-corrected chi connectivity index (χ4v) is 1.09. The Morgan fingerprint density at radius 2 is 1.47 bits per heavy atom. The predicted octanol–water partition coefficient (Wildman–Crippen LogP) is 5.02. The molecule has 0 saturated heterocycles. The van der Waals surface area contributed by atoms with Gasteiger partial charge in [-0.3, -0.25) is 9.97 Å². The molecule has 0 aliphatic heterocycles. The predicted molar refractivity (Wildman–Crippen MR) is 78.3 cm³/mol. The first-order valence-corrected chi connectivity index (χ1v) is 6.53. The highest BCUT2D eigenvalue weighted by Crippen LogP contribution is 2.09. The minimum absolute atomic E-state index is 0.957. The monoisotopic (exact) mass is 234 g/mol. The summed E-state index contributed by atoms with van der Waals surface area (Å²) in [6, 6.07) is 6.00. The summed E-state index contributed by atoms with van der Waals surface area (Å²) in [4.78, 5) is 8.30. The van der Waals surface area contributed by atoms with Crippen molar-refractivity contribution in [3.8, 4) is 0 Å². The smallest absolute Gasteiger partial charge is 0.0885 e. The molecule has 2 heteroatoms. The van der Waals surface area contributed by atoms with Crippen molar-refractivity contribution >= 4 is 10.9 Å². The normalized spacial score (nSPS) is 7.71. The molecule has 2 aromatic heterocycles. The molecule has 2 heterocycles. The minimum Gasteiger partial charge on any atom is -0.259 e. The van der Waals surface area contributed by atoms with Crippen LogP contribution in [0.3, 0.4) is 0 Å². The van der Waals surface area contributed by atoms with Crippen LogP contribution in [0, 0.1) is 6.92 Å². The van der Waals surface area contributed by atoms with E-state index in [1.165, 1.54) is 0 Å². The number of pyridine rings is 2. The van der Waals surface area contributed by atoms with Gasteiger partial charge in [-0.05, 0) is 19.1 Å². The van der Waals surface area contributed by atoms with Crippen LogP contribution < -0.4 is 0 Å². The molecule has 0 N–H and O–H groups in total. The standard InChI is InChI=1S/C9H8N2.3C2H6/c1-7-5-8-3-2-4-10-9(8)6-11-7;3*1-2/h2-6H,1H3;3*1-2H3. The van der Waals surface area contributed by atoms with Gasteiger partial charge in [0, 0.05) is 17.3 Å². The van der Waals surface area contributed by atoms with E-state index in [0.29, 0.717) is 0 Å². The Bertz CT molecular complexity index is 383. The minimum atomic E-state index is 0.957.